The molecule has 5 nitrogen and oxygen atoms in total. The topological polar surface area (TPSA) is 64.6 Å². The summed E-state index contributed by atoms with van der Waals surface area (Å²) >= 11 is 5.91. The van der Waals surface area contributed by atoms with E-state index in [1.165, 1.54) is 6.07 Å². The number of hydrogen-bond donors (Lipinski definition) is 1. The van der Waals surface area contributed by atoms with Crippen molar-refractivity contribution >= 4 is 21.6 Å². The molecule has 2 aromatic carbocycles. The van der Waals surface area contributed by atoms with Gasteiger partial charge in [-0.3, -0.25) is 0 Å². The van der Waals surface area contributed by atoms with E-state index in [1.54, 1.807) is 31.2 Å². The third-order valence-electron chi connectivity index (χ3n) is 3.54. The molecule has 0 aromatic heterocycles. The Hall–Kier alpha value is -1.76. The van der Waals surface area contributed by atoms with E-state index in [4.69, 9.17) is 21.1 Å². The molecule has 122 valence electrons. The summed E-state index contributed by atoms with van der Waals surface area (Å²) in [5, 5.41) is 0.379. The van der Waals surface area contributed by atoms with E-state index in [0.717, 1.165) is 5.56 Å². The highest BCUT2D eigenvalue weighted by atomic mass is 35.5. The van der Waals surface area contributed by atoms with Gasteiger partial charge in [0.15, 0.2) is 11.5 Å². The molecule has 0 amide bonds. The Balaban J connectivity index is 1.84. The Morgan fingerprint density at radius 3 is 2.78 bits per heavy atom. The van der Waals surface area contributed by atoms with E-state index in [2.05, 4.69) is 4.72 Å². The van der Waals surface area contributed by atoms with E-state index in [-0.39, 0.29) is 11.4 Å². The van der Waals surface area contributed by atoms with Crippen LogP contribution in [0.2, 0.25) is 5.02 Å². The van der Waals surface area contributed by atoms with Crippen LogP contribution in [0.3, 0.4) is 0 Å². The molecule has 3 rings (SSSR count). The van der Waals surface area contributed by atoms with Gasteiger partial charge in [0.2, 0.25) is 10.0 Å². The van der Waals surface area contributed by atoms with Crippen molar-refractivity contribution < 1.29 is 17.9 Å². The maximum absolute atomic E-state index is 12.5. The molecule has 23 heavy (non-hydrogen) atoms. The standard InChI is InChI=1S/C16H16ClNO4S/c1-11-5-6-13(17)9-15(11)23(19,20)18-10-12-3-2-4-14-16(12)22-8-7-21-14/h2-6,9,18H,7-8,10H2,1H3. The van der Waals surface area contributed by atoms with Crippen LogP contribution in [0.25, 0.3) is 0 Å². The number of rotatable bonds is 4. The molecule has 2 aromatic rings. The van der Waals surface area contributed by atoms with Gasteiger partial charge in [-0.2, -0.15) is 0 Å². The van der Waals surface area contributed by atoms with Gasteiger partial charge in [-0.05, 0) is 30.7 Å². The van der Waals surface area contributed by atoms with Crippen molar-refractivity contribution in [1.29, 1.82) is 0 Å². The summed E-state index contributed by atoms with van der Waals surface area (Å²) in [5.41, 5.74) is 1.36. The van der Waals surface area contributed by atoms with Crippen molar-refractivity contribution in [3.05, 3.63) is 52.5 Å². The number of hydrogen-bond acceptors (Lipinski definition) is 4. The summed E-state index contributed by atoms with van der Waals surface area (Å²) in [7, 11) is -3.67. The fraction of sp³-hybridized carbons (Fsp3) is 0.250. The Kier molecular flexibility index (Phi) is 4.48. The molecule has 0 fully saturated rings. The van der Waals surface area contributed by atoms with Crippen LogP contribution in [0.1, 0.15) is 11.1 Å². The summed E-state index contributed by atoms with van der Waals surface area (Å²) in [5.74, 6) is 1.22. The molecule has 1 aliphatic heterocycles. The molecule has 0 bridgehead atoms. The van der Waals surface area contributed by atoms with Gasteiger partial charge < -0.3 is 9.47 Å². The van der Waals surface area contributed by atoms with Gasteiger partial charge >= 0.3 is 0 Å². The van der Waals surface area contributed by atoms with E-state index < -0.39 is 10.0 Å². The number of benzene rings is 2. The van der Waals surface area contributed by atoms with E-state index in [1.807, 2.05) is 6.07 Å². The molecule has 7 heteroatoms. The highest BCUT2D eigenvalue weighted by Gasteiger charge is 2.20. The zero-order valence-electron chi connectivity index (χ0n) is 12.5. The van der Waals surface area contributed by atoms with Gasteiger partial charge in [0, 0.05) is 17.1 Å². The molecule has 0 radical (unpaired) electrons. The van der Waals surface area contributed by atoms with Crippen molar-refractivity contribution in [2.75, 3.05) is 13.2 Å². The fourth-order valence-corrected chi connectivity index (χ4v) is 3.90. The van der Waals surface area contributed by atoms with Crippen LogP contribution in [0.5, 0.6) is 11.5 Å². The van der Waals surface area contributed by atoms with Crippen molar-refractivity contribution in [2.45, 2.75) is 18.4 Å². The highest BCUT2D eigenvalue weighted by Crippen LogP contribution is 2.33. The molecular formula is C16H16ClNO4S. The van der Waals surface area contributed by atoms with Gasteiger partial charge in [-0.1, -0.05) is 29.8 Å². The summed E-state index contributed by atoms with van der Waals surface area (Å²) in [4.78, 5) is 0.173. The third-order valence-corrected chi connectivity index (χ3v) is 5.32. The molecule has 0 aliphatic carbocycles. The molecule has 0 atom stereocenters. The molecule has 0 saturated heterocycles. The summed E-state index contributed by atoms with van der Waals surface area (Å²) in [6.45, 7) is 2.78. The van der Waals surface area contributed by atoms with Crippen LogP contribution in [0, 0.1) is 6.92 Å². The summed E-state index contributed by atoms with van der Waals surface area (Å²) in [6, 6.07) is 10.2. The van der Waals surface area contributed by atoms with Gasteiger partial charge in [-0.15, -0.1) is 0 Å². The lowest BCUT2D eigenvalue weighted by molar-refractivity contribution is 0.170. The van der Waals surface area contributed by atoms with Crippen LogP contribution in [0.15, 0.2) is 41.3 Å². The highest BCUT2D eigenvalue weighted by molar-refractivity contribution is 7.89. The number of nitrogens with one attached hydrogen (secondary N) is 1. The number of sulfonamides is 1. The number of aryl methyl sites for hydroxylation is 1. The van der Waals surface area contributed by atoms with Crippen LogP contribution in [0.4, 0.5) is 0 Å². The summed E-state index contributed by atoms with van der Waals surface area (Å²) < 4.78 is 38.7. The van der Waals surface area contributed by atoms with Gasteiger partial charge in [-0.25, -0.2) is 13.1 Å². The largest absolute Gasteiger partial charge is 0.486 e. The Bertz CT molecular complexity index is 836. The first-order valence-electron chi connectivity index (χ1n) is 7.11. The number of fused-ring (bicyclic) bond motifs is 1. The lowest BCUT2D eigenvalue weighted by Crippen LogP contribution is -2.25. The molecule has 1 heterocycles. The smallest absolute Gasteiger partial charge is 0.241 e. The first-order valence-corrected chi connectivity index (χ1v) is 8.97. The second kappa shape index (κ2) is 6.39. The Morgan fingerprint density at radius 2 is 1.96 bits per heavy atom. The van der Waals surface area contributed by atoms with Crippen LogP contribution >= 0.6 is 11.6 Å². The molecule has 1 N–H and O–H groups in total. The summed E-state index contributed by atoms with van der Waals surface area (Å²) in [6.07, 6.45) is 0. The SMILES string of the molecule is Cc1ccc(Cl)cc1S(=O)(=O)NCc1cccc2c1OCCO2. The minimum atomic E-state index is -3.67. The maximum atomic E-state index is 12.5. The van der Waals surface area contributed by atoms with Crippen LogP contribution < -0.4 is 14.2 Å². The Labute approximate surface area is 140 Å². The molecule has 0 spiro atoms. The quantitative estimate of drug-likeness (QED) is 0.918. The second-order valence-corrected chi connectivity index (χ2v) is 7.35. The van der Waals surface area contributed by atoms with E-state index >= 15 is 0 Å². The Morgan fingerprint density at radius 1 is 1.17 bits per heavy atom. The number of ether oxygens (including phenoxy) is 2. The lowest BCUT2D eigenvalue weighted by atomic mass is 10.2. The lowest BCUT2D eigenvalue weighted by Gasteiger charge is -2.21. The zero-order chi connectivity index (χ0) is 16.4. The predicted molar refractivity (Wildman–Crippen MR) is 87.6 cm³/mol. The monoisotopic (exact) mass is 353 g/mol. The van der Waals surface area contributed by atoms with Crippen LogP contribution in [-0.4, -0.2) is 21.6 Å². The fourth-order valence-electron chi connectivity index (χ4n) is 2.39. The van der Waals surface area contributed by atoms with Crippen molar-refractivity contribution in [3.8, 4) is 11.5 Å². The predicted octanol–water partition coefficient (Wildman–Crippen LogP) is 2.90. The van der Waals surface area contributed by atoms with Crippen LogP contribution in [-0.2, 0) is 16.6 Å². The normalized spacial score (nSPS) is 13.8. The van der Waals surface area contributed by atoms with Crippen molar-refractivity contribution in [3.63, 3.8) is 0 Å². The minimum Gasteiger partial charge on any atom is -0.486 e. The maximum Gasteiger partial charge on any atom is 0.241 e. The second-order valence-electron chi connectivity index (χ2n) is 5.18. The zero-order valence-corrected chi connectivity index (χ0v) is 14.1. The molecule has 0 saturated carbocycles. The minimum absolute atomic E-state index is 0.112. The number of halogens is 1. The third kappa shape index (κ3) is 3.44. The van der Waals surface area contributed by atoms with E-state index in [0.29, 0.717) is 35.3 Å². The first kappa shape index (κ1) is 16.1. The number of para-hydroxylation sites is 1. The van der Waals surface area contributed by atoms with Gasteiger partial charge in [0.05, 0.1) is 4.90 Å². The first-order chi connectivity index (χ1) is 11.0. The van der Waals surface area contributed by atoms with Crippen molar-refractivity contribution in [2.24, 2.45) is 0 Å². The van der Waals surface area contributed by atoms with Crippen molar-refractivity contribution in [1.82, 2.24) is 4.72 Å². The molecular weight excluding hydrogens is 338 g/mol. The average Bonchev–Trinajstić information content (AvgIpc) is 2.55. The van der Waals surface area contributed by atoms with E-state index in [9.17, 15) is 8.42 Å². The van der Waals surface area contributed by atoms with Gasteiger partial charge in [0.1, 0.15) is 13.2 Å². The molecule has 1 aliphatic rings. The average molecular weight is 354 g/mol. The van der Waals surface area contributed by atoms with Gasteiger partial charge in [0.25, 0.3) is 0 Å². The molecule has 0 unspecified atom stereocenters.